The average molecular weight is 440 g/mol. The summed E-state index contributed by atoms with van der Waals surface area (Å²) >= 11 is 0. The van der Waals surface area contributed by atoms with E-state index in [0.717, 1.165) is 0 Å². The Hall–Kier alpha value is -3.73. The maximum Gasteiger partial charge on any atom is 0.338 e. The first-order valence-corrected chi connectivity index (χ1v) is 10.5. The van der Waals surface area contributed by atoms with E-state index >= 15 is 0 Å². The summed E-state index contributed by atoms with van der Waals surface area (Å²) in [6.45, 7) is 6.68. The number of nitriles is 1. The summed E-state index contributed by atoms with van der Waals surface area (Å²) in [5, 5.41) is 8.94. The van der Waals surface area contributed by atoms with Crippen LogP contribution in [0.5, 0.6) is 17.2 Å². The Morgan fingerprint density at radius 3 is 2.19 bits per heavy atom. The van der Waals surface area contributed by atoms with Crippen LogP contribution < -0.4 is 19.1 Å². The Balaban J connectivity index is 2.09. The second kappa shape index (κ2) is 12.8. The van der Waals surface area contributed by atoms with Crippen LogP contribution in [0.25, 0.3) is 0 Å². The number of carbonyl (C=O) groups is 2. The quantitative estimate of drug-likeness (QED) is 0.460. The lowest BCUT2D eigenvalue weighted by Crippen LogP contribution is -2.35. The molecule has 170 valence electrons. The molecule has 0 unspecified atom stereocenters. The number of benzene rings is 2. The van der Waals surface area contributed by atoms with E-state index in [1.54, 1.807) is 36.4 Å². The van der Waals surface area contributed by atoms with Gasteiger partial charge in [0.25, 0.3) is 5.91 Å². The molecule has 2 rings (SSSR count). The van der Waals surface area contributed by atoms with Crippen molar-refractivity contribution in [1.82, 2.24) is 0 Å². The summed E-state index contributed by atoms with van der Waals surface area (Å²) in [4.78, 5) is 26.7. The molecule has 0 saturated carbocycles. The predicted molar refractivity (Wildman–Crippen MR) is 119 cm³/mol. The van der Waals surface area contributed by atoms with Crippen LogP contribution in [0.15, 0.2) is 42.5 Å². The van der Waals surface area contributed by atoms with Gasteiger partial charge < -0.3 is 23.8 Å². The van der Waals surface area contributed by atoms with E-state index in [1.807, 2.05) is 26.8 Å². The van der Waals surface area contributed by atoms with Gasteiger partial charge in [0.2, 0.25) is 0 Å². The molecule has 0 saturated heterocycles. The van der Waals surface area contributed by atoms with Crippen LogP contribution in [-0.2, 0) is 9.53 Å². The van der Waals surface area contributed by atoms with Gasteiger partial charge in [-0.15, -0.1) is 0 Å². The molecule has 0 atom stereocenters. The Bertz CT molecular complexity index is 936. The molecule has 0 bridgehead atoms. The summed E-state index contributed by atoms with van der Waals surface area (Å²) < 4.78 is 21.7. The fourth-order valence-corrected chi connectivity index (χ4v) is 2.92. The molecule has 0 N–H and O–H groups in total. The van der Waals surface area contributed by atoms with E-state index in [9.17, 15) is 9.59 Å². The van der Waals surface area contributed by atoms with E-state index in [-0.39, 0.29) is 18.5 Å². The van der Waals surface area contributed by atoms with E-state index < -0.39 is 18.5 Å². The van der Waals surface area contributed by atoms with Crippen molar-refractivity contribution in [2.24, 2.45) is 0 Å². The summed E-state index contributed by atoms with van der Waals surface area (Å²) in [6.07, 6.45) is 0.142. The Morgan fingerprint density at radius 2 is 1.56 bits per heavy atom. The van der Waals surface area contributed by atoms with Crippen LogP contribution >= 0.6 is 0 Å². The van der Waals surface area contributed by atoms with Gasteiger partial charge >= 0.3 is 5.97 Å². The normalized spacial score (nSPS) is 10.1. The fraction of sp³-hybridized carbons (Fsp3) is 0.375. The van der Waals surface area contributed by atoms with Crippen molar-refractivity contribution in [3.05, 3.63) is 48.0 Å². The molecule has 0 radical (unpaired) electrons. The smallest absolute Gasteiger partial charge is 0.338 e. The highest BCUT2D eigenvalue weighted by atomic mass is 16.5. The van der Waals surface area contributed by atoms with Gasteiger partial charge in [-0.2, -0.15) is 5.26 Å². The number of ether oxygens (including phenoxy) is 4. The number of carbonyl (C=O) groups excluding carboxylic acids is 2. The summed E-state index contributed by atoms with van der Waals surface area (Å²) in [6, 6.07) is 13.7. The van der Waals surface area contributed by atoms with Crippen molar-refractivity contribution in [2.45, 2.75) is 27.2 Å². The molecule has 1 amide bonds. The minimum absolute atomic E-state index is 0.142. The minimum Gasteiger partial charge on any atom is -0.494 e. The summed E-state index contributed by atoms with van der Waals surface area (Å²) in [5.41, 5.74) is 0.832. The lowest BCUT2D eigenvalue weighted by atomic mass is 10.2. The molecular formula is C24H28N2O6. The van der Waals surface area contributed by atoms with Crippen molar-refractivity contribution in [1.29, 1.82) is 5.26 Å². The zero-order valence-electron chi connectivity index (χ0n) is 18.6. The molecule has 8 nitrogen and oxygen atoms in total. The highest BCUT2D eigenvalue weighted by molar-refractivity contribution is 5.97. The second-order valence-electron chi connectivity index (χ2n) is 6.48. The van der Waals surface area contributed by atoms with Gasteiger partial charge in [-0.1, -0.05) is 0 Å². The summed E-state index contributed by atoms with van der Waals surface area (Å²) in [5.74, 6) is 0.541. The average Bonchev–Trinajstić information content (AvgIpc) is 2.80. The van der Waals surface area contributed by atoms with E-state index in [0.29, 0.717) is 42.8 Å². The molecule has 0 aliphatic carbocycles. The van der Waals surface area contributed by atoms with Crippen molar-refractivity contribution in [3.8, 4) is 23.3 Å². The van der Waals surface area contributed by atoms with Crippen LogP contribution in [0, 0.1) is 11.3 Å². The number of nitrogens with zero attached hydrogens (tertiary/aromatic N) is 2. The molecule has 32 heavy (non-hydrogen) atoms. The van der Waals surface area contributed by atoms with Crippen LogP contribution in [0.1, 0.15) is 37.6 Å². The van der Waals surface area contributed by atoms with Gasteiger partial charge in [-0.05, 0) is 63.2 Å². The van der Waals surface area contributed by atoms with E-state index in [2.05, 4.69) is 0 Å². The van der Waals surface area contributed by atoms with Crippen LogP contribution in [0.2, 0.25) is 0 Å². The maximum absolute atomic E-state index is 12.8. The lowest BCUT2D eigenvalue weighted by Gasteiger charge is -2.22. The van der Waals surface area contributed by atoms with Crippen molar-refractivity contribution in [2.75, 3.05) is 37.9 Å². The van der Waals surface area contributed by atoms with Crippen molar-refractivity contribution in [3.63, 3.8) is 0 Å². The topological polar surface area (TPSA) is 98.1 Å². The van der Waals surface area contributed by atoms with Gasteiger partial charge in [0.05, 0.1) is 37.9 Å². The number of anilines is 1. The van der Waals surface area contributed by atoms with Gasteiger partial charge in [-0.3, -0.25) is 4.79 Å². The first kappa shape index (κ1) is 24.5. The Kier molecular flexibility index (Phi) is 9.85. The number of hydrogen-bond acceptors (Lipinski definition) is 7. The minimum atomic E-state index is -0.658. The first-order valence-electron chi connectivity index (χ1n) is 10.5. The highest BCUT2D eigenvalue weighted by Crippen LogP contribution is 2.29. The number of amides is 1. The van der Waals surface area contributed by atoms with Gasteiger partial charge in [0.1, 0.15) is 5.75 Å². The number of rotatable bonds is 12. The highest BCUT2D eigenvalue weighted by Gasteiger charge is 2.19. The molecule has 0 spiro atoms. The maximum atomic E-state index is 12.8. The van der Waals surface area contributed by atoms with E-state index in [4.69, 9.17) is 24.2 Å². The van der Waals surface area contributed by atoms with Gasteiger partial charge in [-0.25, -0.2) is 4.79 Å². The second-order valence-corrected chi connectivity index (χ2v) is 6.48. The lowest BCUT2D eigenvalue weighted by molar-refractivity contribution is -0.121. The third kappa shape index (κ3) is 6.91. The number of esters is 1. The number of hydrogen-bond donors (Lipinski definition) is 0. The van der Waals surface area contributed by atoms with Crippen molar-refractivity contribution < 1.29 is 28.5 Å². The first-order chi connectivity index (χ1) is 15.5. The molecule has 0 aliphatic rings. The fourth-order valence-electron chi connectivity index (χ4n) is 2.92. The molecule has 0 aromatic heterocycles. The third-order valence-electron chi connectivity index (χ3n) is 4.31. The largest absolute Gasteiger partial charge is 0.494 e. The molecule has 0 heterocycles. The molecule has 2 aromatic rings. The SMILES string of the molecule is CCOc1ccc(N(CCC#N)C(=O)COC(=O)c2ccc(OCC)c(OCC)c2)cc1. The van der Waals surface area contributed by atoms with Gasteiger partial charge in [0, 0.05) is 12.2 Å². The molecule has 0 aliphatic heterocycles. The predicted octanol–water partition coefficient (Wildman–Crippen LogP) is 3.99. The monoisotopic (exact) mass is 440 g/mol. The Labute approximate surface area is 188 Å². The van der Waals surface area contributed by atoms with Crippen LogP contribution in [-0.4, -0.2) is 44.8 Å². The molecular weight excluding hydrogens is 412 g/mol. The molecule has 0 fully saturated rings. The molecule has 2 aromatic carbocycles. The zero-order valence-corrected chi connectivity index (χ0v) is 18.6. The van der Waals surface area contributed by atoms with Crippen molar-refractivity contribution >= 4 is 17.6 Å². The van der Waals surface area contributed by atoms with E-state index in [1.165, 1.54) is 11.0 Å². The standard InChI is InChI=1S/C24H28N2O6/c1-4-29-20-11-9-19(10-12-20)26(15-7-14-25)23(27)17-32-24(28)18-8-13-21(30-5-2)22(16-18)31-6-3/h8-13,16H,4-7,15,17H2,1-3H3. The Morgan fingerprint density at radius 1 is 0.906 bits per heavy atom. The zero-order chi connectivity index (χ0) is 23.3. The van der Waals surface area contributed by atoms with Crippen LogP contribution in [0.4, 0.5) is 5.69 Å². The van der Waals surface area contributed by atoms with Crippen LogP contribution in [0.3, 0.4) is 0 Å². The van der Waals surface area contributed by atoms with Gasteiger partial charge in [0.15, 0.2) is 18.1 Å². The summed E-state index contributed by atoms with van der Waals surface area (Å²) in [7, 11) is 0. The third-order valence-corrected chi connectivity index (χ3v) is 4.31. The molecule has 8 heteroatoms.